The summed E-state index contributed by atoms with van der Waals surface area (Å²) < 4.78 is 19.2. The number of benzene rings is 2. The maximum absolute atomic E-state index is 14.1. The first-order valence-corrected chi connectivity index (χ1v) is 6.99. The molecule has 0 radical (unpaired) electrons. The van der Waals surface area contributed by atoms with E-state index < -0.39 is 5.76 Å². The smallest absolute Gasteiger partial charge is 0.408 e. The molecule has 3 aromatic rings. The number of nitrogens with one attached hydrogen (secondary N) is 1. The van der Waals surface area contributed by atoms with Crippen molar-refractivity contribution in [2.24, 2.45) is 0 Å². The lowest BCUT2D eigenvalue weighted by Gasteiger charge is -2.12. The summed E-state index contributed by atoms with van der Waals surface area (Å²) in [5, 5.41) is 0. The van der Waals surface area contributed by atoms with Gasteiger partial charge in [0.05, 0.1) is 10.3 Å². The van der Waals surface area contributed by atoms with Crippen molar-refractivity contribution in [3.05, 3.63) is 69.5 Å². The van der Waals surface area contributed by atoms with Crippen LogP contribution in [0, 0.1) is 12.7 Å². The first-order chi connectivity index (χ1) is 9.56. The van der Waals surface area contributed by atoms with Crippen molar-refractivity contribution in [2.45, 2.75) is 11.8 Å². The van der Waals surface area contributed by atoms with Gasteiger partial charge in [0.15, 0.2) is 5.58 Å². The van der Waals surface area contributed by atoms with Gasteiger partial charge in [-0.15, -0.1) is 0 Å². The molecule has 102 valence electrons. The topological polar surface area (TPSA) is 46.0 Å². The van der Waals surface area contributed by atoms with E-state index in [0.29, 0.717) is 22.2 Å². The molecule has 1 atom stereocenters. The van der Waals surface area contributed by atoms with Crippen LogP contribution >= 0.6 is 15.9 Å². The number of oxazole rings is 1. The van der Waals surface area contributed by atoms with Gasteiger partial charge in [-0.1, -0.05) is 40.2 Å². The van der Waals surface area contributed by atoms with Crippen LogP contribution in [0.2, 0.25) is 0 Å². The Balaban J connectivity index is 2.09. The van der Waals surface area contributed by atoms with Crippen molar-refractivity contribution in [2.75, 3.05) is 0 Å². The normalized spacial score (nSPS) is 12.8. The zero-order chi connectivity index (χ0) is 14.3. The van der Waals surface area contributed by atoms with Crippen LogP contribution in [-0.4, -0.2) is 4.98 Å². The minimum Gasteiger partial charge on any atom is -0.408 e. The van der Waals surface area contributed by atoms with Crippen LogP contribution in [-0.2, 0) is 0 Å². The second-order valence-corrected chi connectivity index (χ2v) is 5.53. The van der Waals surface area contributed by atoms with E-state index in [-0.39, 0.29) is 10.6 Å². The van der Waals surface area contributed by atoms with E-state index in [2.05, 4.69) is 20.9 Å². The molecule has 0 spiro atoms. The van der Waals surface area contributed by atoms with Crippen molar-refractivity contribution < 1.29 is 8.81 Å². The van der Waals surface area contributed by atoms with E-state index in [4.69, 9.17) is 4.42 Å². The average Bonchev–Trinajstić information content (AvgIpc) is 2.80. The van der Waals surface area contributed by atoms with Crippen molar-refractivity contribution in [1.29, 1.82) is 0 Å². The Morgan fingerprint density at radius 1 is 1.30 bits per heavy atom. The summed E-state index contributed by atoms with van der Waals surface area (Å²) in [6.45, 7) is 1.73. The van der Waals surface area contributed by atoms with Gasteiger partial charge in [-0.05, 0) is 30.2 Å². The van der Waals surface area contributed by atoms with Crippen LogP contribution in [0.3, 0.4) is 0 Å². The lowest BCUT2D eigenvalue weighted by molar-refractivity contribution is 0.555. The molecule has 0 saturated heterocycles. The van der Waals surface area contributed by atoms with Crippen LogP contribution in [0.1, 0.15) is 21.5 Å². The maximum Gasteiger partial charge on any atom is 0.417 e. The highest BCUT2D eigenvalue weighted by molar-refractivity contribution is 9.09. The van der Waals surface area contributed by atoms with E-state index in [0.717, 1.165) is 5.56 Å². The third-order valence-electron chi connectivity index (χ3n) is 3.23. The van der Waals surface area contributed by atoms with Crippen molar-refractivity contribution in [1.82, 2.24) is 4.98 Å². The lowest BCUT2D eigenvalue weighted by Crippen LogP contribution is -1.98. The highest BCUT2D eigenvalue weighted by Crippen LogP contribution is 2.34. The molecule has 1 unspecified atom stereocenters. The Morgan fingerprint density at radius 2 is 2.10 bits per heavy atom. The van der Waals surface area contributed by atoms with Crippen LogP contribution in [0.15, 0.2) is 45.6 Å². The predicted octanol–water partition coefficient (Wildman–Crippen LogP) is 4.05. The van der Waals surface area contributed by atoms with Gasteiger partial charge in [-0.3, -0.25) is 4.98 Å². The summed E-state index contributed by atoms with van der Waals surface area (Å²) in [6.07, 6.45) is 0. The number of rotatable bonds is 2. The second kappa shape index (κ2) is 4.90. The molecule has 0 bridgehead atoms. The molecule has 5 heteroatoms. The number of H-pyrrole nitrogens is 1. The van der Waals surface area contributed by atoms with Crippen LogP contribution in [0.4, 0.5) is 4.39 Å². The number of hydrogen-bond donors (Lipinski definition) is 1. The molecular formula is C15H11BrFNO2. The molecule has 3 nitrogen and oxygen atoms in total. The molecule has 1 N–H and O–H groups in total. The summed E-state index contributed by atoms with van der Waals surface area (Å²) in [4.78, 5) is 13.4. The third-order valence-corrected chi connectivity index (χ3v) is 4.25. The van der Waals surface area contributed by atoms with Gasteiger partial charge in [0.1, 0.15) is 5.82 Å². The summed E-state index contributed by atoms with van der Waals surface area (Å²) in [5.74, 6) is -0.727. The monoisotopic (exact) mass is 335 g/mol. The second-order valence-electron chi connectivity index (χ2n) is 4.61. The Hall–Kier alpha value is -1.88. The van der Waals surface area contributed by atoms with Crippen molar-refractivity contribution in [3.8, 4) is 0 Å². The lowest BCUT2D eigenvalue weighted by atomic mass is 10.0. The zero-order valence-corrected chi connectivity index (χ0v) is 12.2. The van der Waals surface area contributed by atoms with Gasteiger partial charge in [0.2, 0.25) is 0 Å². The van der Waals surface area contributed by atoms with E-state index in [9.17, 15) is 9.18 Å². The summed E-state index contributed by atoms with van der Waals surface area (Å²) in [7, 11) is 0. The predicted molar refractivity (Wildman–Crippen MR) is 78.7 cm³/mol. The SMILES string of the molecule is Cc1cccc(C(Br)c2ccc3[nH]c(=O)oc3c2)c1F. The van der Waals surface area contributed by atoms with Crippen LogP contribution in [0.5, 0.6) is 0 Å². The van der Waals surface area contributed by atoms with Crippen LogP contribution < -0.4 is 5.76 Å². The molecule has 1 heterocycles. The molecule has 2 aromatic carbocycles. The first-order valence-electron chi connectivity index (χ1n) is 6.08. The number of alkyl halides is 1. The first kappa shape index (κ1) is 13.1. The minimum atomic E-state index is -0.495. The Morgan fingerprint density at radius 3 is 2.90 bits per heavy atom. The molecular weight excluding hydrogens is 325 g/mol. The highest BCUT2D eigenvalue weighted by atomic mass is 79.9. The quantitative estimate of drug-likeness (QED) is 0.718. The Labute approximate surface area is 122 Å². The zero-order valence-electron chi connectivity index (χ0n) is 10.6. The number of hydrogen-bond acceptors (Lipinski definition) is 2. The highest BCUT2D eigenvalue weighted by Gasteiger charge is 2.17. The van der Waals surface area contributed by atoms with E-state index in [1.54, 1.807) is 31.2 Å². The van der Waals surface area contributed by atoms with Crippen molar-refractivity contribution >= 4 is 27.0 Å². The number of fused-ring (bicyclic) bond motifs is 1. The molecule has 0 aliphatic rings. The summed E-state index contributed by atoms with van der Waals surface area (Å²) in [5.41, 5.74) is 3.07. The molecule has 0 aliphatic heterocycles. The van der Waals surface area contributed by atoms with Crippen molar-refractivity contribution in [3.63, 3.8) is 0 Å². The Kier molecular flexibility index (Phi) is 3.22. The van der Waals surface area contributed by atoms with Gasteiger partial charge in [0.25, 0.3) is 0 Å². The molecule has 0 saturated carbocycles. The molecule has 0 fully saturated rings. The fourth-order valence-corrected chi connectivity index (χ4v) is 2.80. The van der Waals surface area contributed by atoms with Gasteiger partial charge in [0, 0.05) is 5.56 Å². The maximum atomic E-state index is 14.1. The summed E-state index contributed by atoms with van der Waals surface area (Å²) in [6, 6.07) is 10.6. The van der Waals surface area contributed by atoms with E-state index >= 15 is 0 Å². The fourth-order valence-electron chi connectivity index (χ4n) is 2.17. The number of aromatic amines is 1. The minimum absolute atomic E-state index is 0.231. The molecule has 20 heavy (non-hydrogen) atoms. The molecule has 1 aromatic heterocycles. The van der Waals surface area contributed by atoms with Gasteiger partial charge in [-0.25, -0.2) is 9.18 Å². The fraction of sp³-hybridized carbons (Fsp3) is 0.133. The summed E-state index contributed by atoms with van der Waals surface area (Å²) >= 11 is 3.50. The molecule has 0 aliphatic carbocycles. The number of halogens is 2. The largest absolute Gasteiger partial charge is 0.417 e. The standard InChI is InChI=1S/C15H11BrFNO2/c1-8-3-2-4-10(14(8)17)13(16)9-5-6-11-12(7-9)20-15(19)18-11/h2-7,13H,1H3,(H,18,19). The third kappa shape index (κ3) is 2.18. The molecule has 3 rings (SSSR count). The average molecular weight is 336 g/mol. The van der Waals surface area contributed by atoms with E-state index in [1.165, 1.54) is 0 Å². The van der Waals surface area contributed by atoms with Crippen LogP contribution in [0.25, 0.3) is 11.1 Å². The van der Waals surface area contributed by atoms with Gasteiger partial charge < -0.3 is 4.42 Å². The van der Waals surface area contributed by atoms with Gasteiger partial charge >= 0.3 is 5.76 Å². The van der Waals surface area contributed by atoms with Gasteiger partial charge in [-0.2, -0.15) is 0 Å². The number of aromatic nitrogens is 1. The molecule has 0 amide bonds. The Bertz CT molecular complexity index is 837. The number of aryl methyl sites for hydroxylation is 1. The van der Waals surface area contributed by atoms with E-state index in [1.807, 2.05) is 12.1 Å².